The summed E-state index contributed by atoms with van der Waals surface area (Å²) in [5.41, 5.74) is 4.72. The lowest BCUT2D eigenvalue weighted by molar-refractivity contribution is -0.139. The molecule has 2 rings (SSSR count). The SMILES string of the molecule is CC[C@H](C(=O)NC)N(Cc1ccccc1)C(=O)CSCc1cc(C)cc(C)c1. The molecule has 28 heavy (non-hydrogen) atoms. The number of hydrogen-bond acceptors (Lipinski definition) is 3. The minimum absolute atomic E-state index is 0.00585. The molecule has 0 spiro atoms. The Morgan fingerprint density at radius 1 is 1.04 bits per heavy atom. The molecule has 2 aromatic rings. The molecule has 0 saturated heterocycles. The number of hydrogen-bond donors (Lipinski definition) is 1. The molecule has 0 aliphatic carbocycles. The summed E-state index contributed by atoms with van der Waals surface area (Å²) >= 11 is 1.60. The van der Waals surface area contributed by atoms with Crippen LogP contribution in [0.1, 0.15) is 35.6 Å². The van der Waals surface area contributed by atoms with E-state index in [1.54, 1.807) is 23.7 Å². The van der Waals surface area contributed by atoms with Crippen LogP contribution in [0.3, 0.4) is 0 Å². The van der Waals surface area contributed by atoms with Gasteiger partial charge in [-0.05, 0) is 31.4 Å². The molecule has 0 fully saturated rings. The summed E-state index contributed by atoms with van der Waals surface area (Å²) < 4.78 is 0. The Hall–Kier alpha value is -2.27. The van der Waals surface area contributed by atoms with Gasteiger partial charge in [0.1, 0.15) is 6.04 Å². The standard InChI is InChI=1S/C23H30N2O2S/c1-5-21(23(27)24-4)25(14-19-9-7-6-8-10-19)22(26)16-28-15-20-12-17(2)11-18(3)13-20/h6-13,21H,5,14-16H2,1-4H3,(H,24,27)/t21-/m1/s1. The fraction of sp³-hybridized carbons (Fsp3) is 0.391. The Kier molecular flexibility index (Phi) is 8.58. The van der Waals surface area contributed by atoms with Crippen molar-refractivity contribution in [2.75, 3.05) is 12.8 Å². The highest BCUT2D eigenvalue weighted by atomic mass is 32.2. The topological polar surface area (TPSA) is 49.4 Å². The molecule has 0 unspecified atom stereocenters. The van der Waals surface area contributed by atoms with Gasteiger partial charge in [0.2, 0.25) is 11.8 Å². The molecule has 0 heterocycles. The zero-order valence-electron chi connectivity index (χ0n) is 17.2. The first-order chi connectivity index (χ1) is 13.4. The van der Waals surface area contributed by atoms with Gasteiger partial charge in [-0.3, -0.25) is 9.59 Å². The largest absolute Gasteiger partial charge is 0.357 e. The van der Waals surface area contributed by atoms with Crippen molar-refractivity contribution in [1.29, 1.82) is 0 Å². The Morgan fingerprint density at radius 3 is 2.25 bits per heavy atom. The van der Waals surface area contributed by atoms with Crippen molar-refractivity contribution in [2.45, 2.75) is 45.5 Å². The molecule has 5 heteroatoms. The van der Waals surface area contributed by atoms with Crippen LogP contribution in [0.4, 0.5) is 0 Å². The third-order valence-electron chi connectivity index (χ3n) is 4.60. The molecular weight excluding hydrogens is 368 g/mol. The second kappa shape index (κ2) is 10.9. The van der Waals surface area contributed by atoms with Crippen molar-refractivity contribution < 1.29 is 9.59 Å². The van der Waals surface area contributed by atoms with Crippen LogP contribution < -0.4 is 5.32 Å². The molecule has 4 nitrogen and oxygen atoms in total. The van der Waals surface area contributed by atoms with Crippen molar-refractivity contribution in [3.05, 3.63) is 70.8 Å². The molecule has 0 radical (unpaired) electrons. The number of nitrogens with zero attached hydrogens (tertiary/aromatic N) is 1. The van der Waals surface area contributed by atoms with Crippen molar-refractivity contribution >= 4 is 23.6 Å². The van der Waals surface area contributed by atoms with Crippen LogP contribution in [0.15, 0.2) is 48.5 Å². The normalized spacial score (nSPS) is 11.7. The first kappa shape index (κ1) is 22.0. The van der Waals surface area contributed by atoms with E-state index in [0.717, 1.165) is 11.3 Å². The first-order valence-electron chi connectivity index (χ1n) is 9.64. The van der Waals surface area contributed by atoms with Gasteiger partial charge in [0.05, 0.1) is 5.75 Å². The molecule has 0 aliphatic heterocycles. The average Bonchev–Trinajstić information content (AvgIpc) is 2.67. The van der Waals surface area contributed by atoms with Gasteiger partial charge >= 0.3 is 0 Å². The fourth-order valence-corrected chi connectivity index (χ4v) is 4.20. The number of carbonyl (C=O) groups excluding carboxylic acids is 2. The number of likely N-dealkylation sites (N-methyl/N-ethyl adjacent to an activating group) is 1. The molecule has 0 saturated carbocycles. The highest BCUT2D eigenvalue weighted by molar-refractivity contribution is 7.99. The van der Waals surface area contributed by atoms with E-state index < -0.39 is 6.04 Å². The van der Waals surface area contributed by atoms with Gasteiger partial charge in [-0.1, -0.05) is 66.6 Å². The summed E-state index contributed by atoms with van der Waals surface area (Å²) in [6.07, 6.45) is 0.583. The second-order valence-electron chi connectivity index (χ2n) is 7.03. The van der Waals surface area contributed by atoms with Crippen LogP contribution in [0.2, 0.25) is 0 Å². The number of amides is 2. The Balaban J connectivity index is 2.07. The molecule has 1 N–H and O–H groups in total. The van der Waals surface area contributed by atoms with Crippen molar-refractivity contribution in [1.82, 2.24) is 10.2 Å². The average molecular weight is 399 g/mol. The van der Waals surface area contributed by atoms with E-state index in [2.05, 4.69) is 37.4 Å². The van der Waals surface area contributed by atoms with E-state index in [4.69, 9.17) is 0 Å². The first-order valence-corrected chi connectivity index (χ1v) is 10.8. The van der Waals surface area contributed by atoms with Crippen LogP contribution in [-0.4, -0.2) is 35.6 Å². The molecule has 0 bridgehead atoms. The van der Waals surface area contributed by atoms with Crippen LogP contribution >= 0.6 is 11.8 Å². The molecular formula is C23H30N2O2S. The lowest BCUT2D eigenvalue weighted by atomic mass is 10.1. The molecule has 2 aromatic carbocycles. The maximum absolute atomic E-state index is 13.0. The summed E-state index contributed by atoms with van der Waals surface area (Å²) in [6.45, 7) is 6.55. The number of nitrogens with one attached hydrogen (secondary N) is 1. The minimum Gasteiger partial charge on any atom is -0.357 e. The van der Waals surface area contributed by atoms with Crippen LogP contribution in [0.25, 0.3) is 0 Å². The number of carbonyl (C=O) groups is 2. The van der Waals surface area contributed by atoms with Gasteiger partial charge < -0.3 is 10.2 Å². The third kappa shape index (κ3) is 6.41. The van der Waals surface area contributed by atoms with E-state index in [1.165, 1.54) is 16.7 Å². The minimum atomic E-state index is -0.459. The summed E-state index contributed by atoms with van der Waals surface area (Å²) in [6, 6.07) is 15.8. The number of aryl methyl sites for hydroxylation is 2. The van der Waals surface area contributed by atoms with Crippen LogP contribution in [0, 0.1) is 13.8 Å². The number of rotatable bonds is 9. The molecule has 0 aliphatic rings. The van der Waals surface area contributed by atoms with Gasteiger partial charge in [0.25, 0.3) is 0 Å². The van der Waals surface area contributed by atoms with E-state index in [-0.39, 0.29) is 11.8 Å². The van der Waals surface area contributed by atoms with Crippen LogP contribution in [0.5, 0.6) is 0 Å². The van der Waals surface area contributed by atoms with E-state index >= 15 is 0 Å². The summed E-state index contributed by atoms with van der Waals surface area (Å²) in [7, 11) is 1.62. The molecule has 2 amide bonds. The molecule has 150 valence electrons. The van der Waals surface area contributed by atoms with E-state index in [0.29, 0.717) is 18.7 Å². The molecule has 0 aromatic heterocycles. The zero-order valence-corrected chi connectivity index (χ0v) is 18.0. The highest BCUT2D eigenvalue weighted by Crippen LogP contribution is 2.19. The number of thioether (sulfide) groups is 1. The number of benzene rings is 2. The van der Waals surface area contributed by atoms with E-state index in [1.807, 2.05) is 37.3 Å². The second-order valence-corrected chi connectivity index (χ2v) is 8.02. The Labute approximate surface area is 172 Å². The third-order valence-corrected chi connectivity index (χ3v) is 5.59. The summed E-state index contributed by atoms with van der Waals surface area (Å²) in [5.74, 6) is 1.01. The fourth-order valence-electron chi connectivity index (χ4n) is 3.36. The van der Waals surface area contributed by atoms with Crippen LogP contribution in [-0.2, 0) is 21.9 Å². The van der Waals surface area contributed by atoms with Crippen molar-refractivity contribution in [2.24, 2.45) is 0 Å². The Morgan fingerprint density at radius 2 is 1.68 bits per heavy atom. The maximum atomic E-state index is 13.0. The van der Waals surface area contributed by atoms with E-state index in [9.17, 15) is 9.59 Å². The highest BCUT2D eigenvalue weighted by Gasteiger charge is 2.27. The lowest BCUT2D eigenvalue weighted by Gasteiger charge is -2.30. The van der Waals surface area contributed by atoms with Gasteiger partial charge in [-0.2, -0.15) is 0 Å². The smallest absolute Gasteiger partial charge is 0.242 e. The maximum Gasteiger partial charge on any atom is 0.242 e. The summed E-state index contributed by atoms with van der Waals surface area (Å²) in [4.78, 5) is 27.1. The predicted octanol–water partition coefficient (Wildman–Crippen LogP) is 4.09. The van der Waals surface area contributed by atoms with Gasteiger partial charge in [0, 0.05) is 19.3 Å². The predicted molar refractivity (Wildman–Crippen MR) is 117 cm³/mol. The van der Waals surface area contributed by atoms with Gasteiger partial charge in [-0.15, -0.1) is 11.8 Å². The van der Waals surface area contributed by atoms with Crippen molar-refractivity contribution in [3.8, 4) is 0 Å². The van der Waals surface area contributed by atoms with Crippen molar-refractivity contribution in [3.63, 3.8) is 0 Å². The zero-order chi connectivity index (χ0) is 20.5. The Bertz CT molecular complexity index is 772. The monoisotopic (exact) mass is 398 g/mol. The lowest BCUT2D eigenvalue weighted by Crippen LogP contribution is -2.48. The molecule has 1 atom stereocenters. The van der Waals surface area contributed by atoms with Gasteiger partial charge in [-0.25, -0.2) is 0 Å². The summed E-state index contributed by atoms with van der Waals surface area (Å²) in [5, 5.41) is 2.69. The van der Waals surface area contributed by atoms with Gasteiger partial charge in [0.15, 0.2) is 0 Å². The quantitative estimate of drug-likeness (QED) is 0.692.